The molecule has 0 unspecified atom stereocenters. The third-order valence-electron chi connectivity index (χ3n) is 5.78. The molecule has 2 aliphatic rings. The number of carbonyl (C=O) groups is 3. The summed E-state index contributed by atoms with van der Waals surface area (Å²) in [5.41, 5.74) is 3.12. The van der Waals surface area contributed by atoms with Gasteiger partial charge in [0.1, 0.15) is 5.82 Å². The number of carbonyl (C=O) groups excluding carboxylic acids is 3. The Bertz CT molecular complexity index is 1020. The Morgan fingerprint density at radius 3 is 2.64 bits per heavy atom. The van der Waals surface area contributed by atoms with Crippen molar-refractivity contribution in [1.29, 1.82) is 0 Å². The van der Waals surface area contributed by atoms with Crippen LogP contribution in [0, 0.1) is 5.82 Å². The van der Waals surface area contributed by atoms with Gasteiger partial charge in [0.25, 0.3) is 11.8 Å². The van der Waals surface area contributed by atoms with Gasteiger partial charge >= 0.3 is 0 Å². The molecule has 1 aromatic rings. The van der Waals surface area contributed by atoms with E-state index in [1.54, 1.807) is 19.9 Å². The first-order valence-electron chi connectivity index (χ1n) is 11.3. The molecule has 0 spiro atoms. The van der Waals surface area contributed by atoms with E-state index in [1.165, 1.54) is 18.2 Å². The van der Waals surface area contributed by atoms with Gasteiger partial charge in [0.05, 0.1) is 5.57 Å². The lowest BCUT2D eigenvalue weighted by Gasteiger charge is -2.16. The minimum atomic E-state index is -0.413. The molecule has 1 aromatic carbocycles. The molecule has 0 atom stereocenters. The van der Waals surface area contributed by atoms with Gasteiger partial charge in [-0.25, -0.2) is 4.39 Å². The maximum Gasteiger partial charge on any atom is 0.256 e. The van der Waals surface area contributed by atoms with Crippen molar-refractivity contribution in [2.75, 3.05) is 31.5 Å². The van der Waals surface area contributed by atoms with Crippen molar-refractivity contribution < 1.29 is 18.8 Å². The van der Waals surface area contributed by atoms with Crippen molar-refractivity contribution in [3.05, 3.63) is 59.1 Å². The van der Waals surface area contributed by atoms with E-state index in [0.717, 1.165) is 25.9 Å². The number of anilines is 1. The SMILES string of the molecule is C=C(C)/C(C(=O)NCCCC(=O)N1CCCC1)=C(/C)NC/C=C1\C(=O)Nc2ccc(F)cc21. The molecular weight excluding hydrogens is 423 g/mol. The van der Waals surface area contributed by atoms with Gasteiger partial charge in [-0.05, 0) is 56.9 Å². The highest BCUT2D eigenvalue weighted by molar-refractivity contribution is 6.31. The lowest BCUT2D eigenvalue weighted by Crippen LogP contribution is -2.31. The second-order valence-corrected chi connectivity index (χ2v) is 8.37. The predicted octanol–water partition coefficient (Wildman–Crippen LogP) is 3.12. The van der Waals surface area contributed by atoms with E-state index in [4.69, 9.17) is 0 Å². The average molecular weight is 455 g/mol. The fourth-order valence-corrected chi connectivity index (χ4v) is 4.10. The molecule has 0 saturated carbocycles. The van der Waals surface area contributed by atoms with Gasteiger partial charge in [0, 0.05) is 55.1 Å². The highest BCUT2D eigenvalue weighted by atomic mass is 19.1. The molecule has 0 radical (unpaired) electrons. The van der Waals surface area contributed by atoms with Gasteiger partial charge in [-0.2, -0.15) is 0 Å². The van der Waals surface area contributed by atoms with E-state index in [1.807, 2.05) is 4.90 Å². The predicted molar refractivity (Wildman–Crippen MR) is 127 cm³/mol. The first-order chi connectivity index (χ1) is 15.8. The maximum atomic E-state index is 13.6. The number of halogens is 1. The largest absolute Gasteiger partial charge is 0.384 e. The van der Waals surface area contributed by atoms with Crippen molar-refractivity contribution in [2.24, 2.45) is 0 Å². The van der Waals surface area contributed by atoms with Crippen LogP contribution in [0.15, 0.2) is 47.7 Å². The van der Waals surface area contributed by atoms with Crippen molar-refractivity contribution in [3.63, 3.8) is 0 Å². The Balaban J connectivity index is 1.55. The molecule has 3 rings (SSSR count). The number of benzene rings is 1. The zero-order valence-corrected chi connectivity index (χ0v) is 19.2. The fraction of sp³-hybridized carbons (Fsp3) is 0.400. The van der Waals surface area contributed by atoms with E-state index in [9.17, 15) is 18.8 Å². The van der Waals surface area contributed by atoms with E-state index in [0.29, 0.717) is 53.1 Å². The quantitative estimate of drug-likeness (QED) is 0.304. The minimum absolute atomic E-state index is 0.140. The van der Waals surface area contributed by atoms with Gasteiger partial charge in [-0.3, -0.25) is 14.4 Å². The third-order valence-corrected chi connectivity index (χ3v) is 5.78. The van der Waals surface area contributed by atoms with Crippen LogP contribution in [0.25, 0.3) is 5.57 Å². The number of allylic oxidation sites excluding steroid dienone is 1. The molecule has 33 heavy (non-hydrogen) atoms. The first-order valence-corrected chi connectivity index (χ1v) is 11.3. The Morgan fingerprint density at radius 1 is 1.21 bits per heavy atom. The van der Waals surface area contributed by atoms with Gasteiger partial charge in [-0.15, -0.1) is 0 Å². The highest BCUT2D eigenvalue weighted by Gasteiger charge is 2.24. The van der Waals surface area contributed by atoms with Crippen LogP contribution < -0.4 is 16.0 Å². The van der Waals surface area contributed by atoms with Gasteiger partial charge in [-0.1, -0.05) is 12.7 Å². The number of hydrogen-bond donors (Lipinski definition) is 3. The minimum Gasteiger partial charge on any atom is -0.384 e. The van der Waals surface area contributed by atoms with Crippen LogP contribution in [-0.2, 0) is 14.4 Å². The molecule has 0 aliphatic carbocycles. The number of nitrogens with one attached hydrogen (secondary N) is 3. The topological polar surface area (TPSA) is 90.5 Å². The normalized spacial score (nSPS) is 16.9. The summed E-state index contributed by atoms with van der Waals surface area (Å²) in [6, 6.07) is 4.15. The van der Waals surface area contributed by atoms with Gasteiger partial charge < -0.3 is 20.9 Å². The van der Waals surface area contributed by atoms with Crippen molar-refractivity contribution in [1.82, 2.24) is 15.5 Å². The summed E-state index contributed by atoms with van der Waals surface area (Å²) in [5.74, 6) is -0.829. The van der Waals surface area contributed by atoms with Crippen LogP contribution in [0.4, 0.5) is 10.1 Å². The standard InChI is InChI=1S/C25H31FN4O3/c1-16(2)23(25(33)28-11-6-7-22(31)30-13-4-5-14-30)17(3)27-12-10-19-20-15-18(26)8-9-21(20)29-24(19)32/h8-10,15,27H,1,4-7,11-14H2,2-3H3,(H,28,33)(H,29,32)/b19-10-,23-17+. The molecule has 2 aliphatic heterocycles. The van der Waals surface area contributed by atoms with Gasteiger partial charge in [0.15, 0.2) is 0 Å². The number of fused-ring (bicyclic) bond motifs is 1. The Kier molecular flexibility index (Phi) is 8.03. The molecule has 176 valence electrons. The lowest BCUT2D eigenvalue weighted by atomic mass is 10.1. The molecule has 3 N–H and O–H groups in total. The van der Waals surface area contributed by atoms with Crippen LogP contribution in [0.2, 0.25) is 0 Å². The third kappa shape index (κ3) is 6.09. The number of likely N-dealkylation sites (tertiary alicyclic amines) is 1. The molecule has 0 bridgehead atoms. The molecule has 7 nitrogen and oxygen atoms in total. The summed E-state index contributed by atoms with van der Waals surface area (Å²) < 4.78 is 13.6. The van der Waals surface area contributed by atoms with Crippen LogP contribution >= 0.6 is 0 Å². The second kappa shape index (κ2) is 10.9. The van der Waals surface area contributed by atoms with E-state index in [-0.39, 0.29) is 24.3 Å². The maximum absolute atomic E-state index is 13.6. The molecule has 1 fully saturated rings. The smallest absolute Gasteiger partial charge is 0.256 e. The number of nitrogens with zero attached hydrogens (tertiary/aromatic N) is 1. The summed E-state index contributed by atoms with van der Waals surface area (Å²) in [7, 11) is 0. The molecule has 3 amide bonds. The summed E-state index contributed by atoms with van der Waals surface area (Å²) in [4.78, 5) is 38.9. The van der Waals surface area contributed by atoms with Crippen molar-refractivity contribution in [3.8, 4) is 0 Å². The highest BCUT2D eigenvalue weighted by Crippen LogP contribution is 2.31. The Morgan fingerprint density at radius 2 is 1.94 bits per heavy atom. The Labute approximate surface area is 193 Å². The summed E-state index contributed by atoms with van der Waals surface area (Å²) in [6.45, 7) is 9.75. The number of amides is 3. The van der Waals surface area contributed by atoms with Gasteiger partial charge in [0.2, 0.25) is 5.91 Å². The number of hydrogen-bond acceptors (Lipinski definition) is 4. The summed E-state index contributed by atoms with van der Waals surface area (Å²) in [6.07, 6.45) is 4.79. The molecule has 2 heterocycles. The average Bonchev–Trinajstić information content (AvgIpc) is 3.39. The zero-order chi connectivity index (χ0) is 24.0. The van der Waals surface area contributed by atoms with E-state index >= 15 is 0 Å². The van der Waals surface area contributed by atoms with E-state index < -0.39 is 5.82 Å². The molecule has 0 aromatic heterocycles. The summed E-state index contributed by atoms with van der Waals surface area (Å²) in [5, 5.41) is 8.70. The number of rotatable bonds is 9. The zero-order valence-electron chi connectivity index (χ0n) is 19.2. The molecule has 1 saturated heterocycles. The van der Waals surface area contributed by atoms with Crippen molar-refractivity contribution >= 4 is 29.0 Å². The molecule has 8 heteroatoms. The van der Waals surface area contributed by atoms with E-state index in [2.05, 4.69) is 22.5 Å². The van der Waals surface area contributed by atoms with Crippen LogP contribution in [-0.4, -0.2) is 48.8 Å². The fourth-order valence-electron chi connectivity index (χ4n) is 4.10. The van der Waals surface area contributed by atoms with Crippen LogP contribution in [0.3, 0.4) is 0 Å². The van der Waals surface area contributed by atoms with Crippen LogP contribution in [0.1, 0.15) is 45.1 Å². The first kappa shape index (κ1) is 24.2. The lowest BCUT2D eigenvalue weighted by molar-refractivity contribution is -0.130. The van der Waals surface area contributed by atoms with Crippen LogP contribution in [0.5, 0.6) is 0 Å². The molecular formula is C25H31FN4O3. The second-order valence-electron chi connectivity index (χ2n) is 8.37. The summed E-state index contributed by atoms with van der Waals surface area (Å²) >= 11 is 0. The Hall–Kier alpha value is -3.42. The monoisotopic (exact) mass is 454 g/mol. The van der Waals surface area contributed by atoms with Crippen molar-refractivity contribution in [2.45, 2.75) is 39.5 Å².